The Labute approximate surface area is 232 Å². The molecule has 2 heterocycles. The minimum Gasteiger partial charge on any atom is -0.497 e. The molecule has 2 fully saturated rings. The summed E-state index contributed by atoms with van der Waals surface area (Å²) in [6, 6.07) is 16.1. The van der Waals surface area contributed by atoms with Gasteiger partial charge in [-0.25, -0.2) is 0 Å². The van der Waals surface area contributed by atoms with Crippen LogP contribution >= 0.6 is 0 Å². The average molecular weight is 535 g/mol. The fourth-order valence-electron chi connectivity index (χ4n) is 4.82. The van der Waals surface area contributed by atoms with Crippen molar-refractivity contribution in [2.45, 2.75) is 57.3 Å². The number of methoxy groups -OCH3 is 1. The van der Waals surface area contributed by atoms with Crippen LogP contribution in [0, 0.1) is 0 Å². The van der Waals surface area contributed by atoms with Crippen LogP contribution in [0.1, 0.15) is 68.8 Å². The number of aromatic nitrogens is 3. The fraction of sp³-hybridized carbons (Fsp3) is 0.444. The smallest absolute Gasteiger partial charge is 0.232 e. The van der Waals surface area contributed by atoms with Crippen LogP contribution in [0.2, 0.25) is 0 Å². The van der Waals surface area contributed by atoms with Gasteiger partial charge in [0.1, 0.15) is 11.6 Å². The molecule has 0 amide bonds. The molecule has 38 heavy (non-hydrogen) atoms. The lowest BCUT2D eigenvalue weighted by atomic mass is 9.89. The quantitative estimate of drug-likeness (QED) is 0.170. The number of ether oxygens (including phenoxy) is 1. The van der Waals surface area contributed by atoms with Crippen molar-refractivity contribution in [1.82, 2.24) is 39.6 Å². The van der Waals surface area contributed by atoms with Crippen LogP contribution in [-0.4, -0.2) is 35.2 Å². The van der Waals surface area contributed by atoms with Crippen LogP contribution in [0.3, 0.4) is 0 Å². The Kier molecular flexibility index (Phi) is 13.4. The molecule has 2 aliphatic rings. The van der Waals surface area contributed by atoms with Gasteiger partial charge in [-0.15, -0.1) is 0 Å². The van der Waals surface area contributed by atoms with Crippen LogP contribution in [0.15, 0.2) is 48.5 Å². The molecular weight excluding hydrogens is 480 g/mol. The minimum absolute atomic E-state index is 0. The Morgan fingerprint density at radius 2 is 1.21 bits per heavy atom. The Morgan fingerprint density at radius 1 is 0.684 bits per heavy atom. The monoisotopic (exact) mass is 534 g/mol. The summed E-state index contributed by atoms with van der Waals surface area (Å²) in [6.45, 7) is 2.05. The zero-order valence-corrected chi connectivity index (χ0v) is 22.8. The summed E-state index contributed by atoms with van der Waals surface area (Å²) >= 11 is 0. The molecule has 1 saturated heterocycles. The van der Waals surface area contributed by atoms with Crippen LogP contribution in [0.25, 0.3) is 0 Å². The minimum atomic E-state index is 0. The molecule has 0 unspecified atom stereocenters. The first-order valence-corrected chi connectivity index (χ1v) is 12.6. The first kappa shape index (κ1) is 32.5. The molecule has 1 saturated carbocycles. The molecule has 11 heteroatoms. The summed E-state index contributed by atoms with van der Waals surface area (Å²) in [4.78, 5) is 16.9. The lowest BCUT2D eigenvalue weighted by Gasteiger charge is -2.28. The van der Waals surface area contributed by atoms with E-state index in [1.807, 2.05) is 24.3 Å². The van der Waals surface area contributed by atoms with Gasteiger partial charge in [-0.05, 0) is 80.6 Å². The number of anilines is 5. The highest BCUT2D eigenvalue weighted by atomic mass is 16.5. The first-order chi connectivity index (χ1) is 16.8. The van der Waals surface area contributed by atoms with Crippen molar-refractivity contribution >= 4 is 29.0 Å². The summed E-state index contributed by atoms with van der Waals surface area (Å²) in [5.74, 6) is 3.72. The molecular formula is C27H54N10O. The van der Waals surface area contributed by atoms with Gasteiger partial charge in [-0.3, -0.25) is 0 Å². The van der Waals surface area contributed by atoms with Crippen molar-refractivity contribution in [3.8, 4) is 5.75 Å². The molecule has 5 rings (SSSR count). The number of benzene rings is 2. The topological polar surface area (TPSA) is 215 Å². The third-order valence-electron chi connectivity index (χ3n) is 6.77. The molecule has 218 valence electrons. The van der Waals surface area contributed by atoms with Crippen LogP contribution in [-0.2, 0) is 0 Å². The highest BCUT2D eigenvalue weighted by molar-refractivity contribution is 5.64. The van der Waals surface area contributed by atoms with E-state index in [2.05, 4.69) is 39.8 Å². The SMILES string of the molecule is COc1ccc(Nc2ccc(Nc3nc(C4CCCCC4)nc(N4CCCCC4)n3)cc2)cc1.N.N.N.N.[HH].[HH].[HH].[HH]. The third-order valence-corrected chi connectivity index (χ3v) is 6.77. The largest absolute Gasteiger partial charge is 0.497 e. The van der Waals surface area contributed by atoms with Gasteiger partial charge in [0, 0.05) is 41.8 Å². The van der Waals surface area contributed by atoms with E-state index in [1.54, 1.807) is 7.11 Å². The molecule has 3 aromatic rings. The maximum atomic E-state index is 5.23. The normalized spacial score (nSPS) is 15.0. The second-order valence-electron chi connectivity index (χ2n) is 9.26. The molecule has 0 atom stereocenters. The number of piperidine rings is 1. The molecule has 11 nitrogen and oxygen atoms in total. The maximum Gasteiger partial charge on any atom is 0.232 e. The zero-order chi connectivity index (χ0) is 23.2. The lowest BCUT2D eigenvalue weighted by molar-refractivity contribution is 0.415. The molecule has 0 spiro atoms. The number of hydrogen-bond donors (Lipinski definition) is 6. The second-order valence-corrected chi connectivity index (χ2v) is 9.26. The predicted molar refractivity (Wildman–Crippen MR) is 166 cm³/mol. The van der Waals surface area contributed by atoms with E-state index >= 15 is 0 Å². The summed E-state index contributed by atoms with van der Waals surface area (Å²) in [5, 5.41) is 6.86. The molecule has 0 bridgehead atoms. The summed E-state index contributed by atoms with van der Waals surface area (Å²) in [5.41, 5.74) is 3.00. The Morgan fingerprint density at radius 3 is 1.79 bits per heavy atom. The molecule has 14 N–H and O–H groups in total. The molecule has 1 aliphatic heterocycles. The van der Waals surface area contributed by atoms with Gasteiger partial charge >= 0.3 is 0 Å². The second kappa shape index (κ2) is 15.7. The van der Waals surface area contributed by atoms with Crippen molar-refractivity contribution in [2.24, 2.45) is 0 Å². The Balaban J connectivity index is -0.000000902. The number of nitrogens with zero attached hydrogens (tertiary/aromatic N) is 4. The van der Waals surface area contributed by atoms with Gasteiger partial charge in [0.15, 0.2) is 0 Å². The van der Waals surface area contributed by atoms with Crippen molar-refractivity contribution in [3.05, 3.63) is 54.4 Å². The summed E-state index contributed by atoms with van der Waals surface area (Å²) < 4.78 is 5.23. The van der Waals surface area contributed by atoms with Crippen LogP contribution in [0.4, 0.5) is 29.0 Å². The third kappa shape index (κ3) is 8.25. The van der Waals surface area contributed by atoms with Crippen molar-refractivity contribution in [3.63, 3.8) is 0 Å². The number of nitrogens with one attached hydrogen (secondary N) is 2. The summed E-state index contributed by atoms with van der Waals surface area (Å²) in [7, 11) is 1.67. The zero-order valence-electron chi connectivity index (χ0n) is 22.8. The van der Waals surface area contributed by atoms with Crippen LogP contribution in [0.5, 0.6) is 5.75 Å². The van der Waals surface area contributed by atoms with E-state index in [4.69, 9.17) is 19.7 Å². The van der Waals surface area contributed by atoms with E-state index < -0.39 is 0 Å². The van der Waals surface area contributed by atoms with Crippen LogP contribution < -0.4 is 44.9 Å². The standard InChI is InChI=1S/C27H34N6O.4H3N.4H2/c1-34-24-16-14-22(15-17-24)28-21-10-12-23(13-11-21)29-26-30-25(20-8-4-2-5-9-20)31-27(32-26)33-18-6-3-7-19-33;;;;;;;;/h10-17,20,28H,2-9,18-19H2,1H3,(H,29,30,31,32);4*1H3;4*1H. The molecule has 2 aromatic carbocycles. The van der Waals surface area contributed by atoms with E-state index in [0.717, 1.165) is 47.7 Å². The highest BCUT2D eigenvalue weighted by Crippen LogP contribution is 2.32. The number of hydrogen-bond acceptors (Lipinski definition) is 11. The van der Waals surface area contributed by atoms with Gasteiger partial charge < -0.3 is 44.9 Å². The van der Waals surface area contributed by atoms with E-state index in [0.29, 0.717) is 11.9 Å². The lowest BCUT2D eigenvalue weighted by Crippen LogP contribution is -2.31. The maximum absolute atomic E-state index is 5.23. The van der Waals surface area contributed by atoms with Gasteiger partial charge in [-0.2, -0.15) is 15.0 Å². The van der Waals surface area contributed by atoms with Crippen molar-refractivity contribution < 1.29 is 10.4 Å². The van der Waals surface area contributed by atoms with E-state index in [9.17, 15) is 0 Å². The number of rotatable bonds is 7. The van der Waals surface area contributed by atoms with E-state index in [1.165, 1.54) is 51.4 Å². The molecule has 1 aromatic heterocycles. The van der Waals surface area contributed by atoms with E-state index in [-0.39, 0.29) is 30.3 Å². The Bertz CT molecular complexity index is 1050. The van der Waals surface area contributed by atoms with Gasteiger partial charge in [0.2, 0.25) is 11.9 Å². The Hall–Kier alpha value is -3.51. The van der Waals surface area contributed by atoms with Crippen molar-refractivity contribution in [1.29, 1.82) is 0 Å². The van der Waals surface area contributed by atoms with Gasteiger partial charge in [0.05, 0.1) is 7.11 Å². The predicted octanol–water partition coefficient (Wildman–Crippen LogP) is 8.04. The highest BCUT2D eigenvalue weighted by Gasteiger charge is 2.22. The first-order valence-electron chi connectivity index (χ1n) is 12.6. The van der Waals surface area contributed by atoms with Gasteiger partial charge in [0.25, 0.3) is 0 Å². The fourth-order valence-corrected chi connectivity index (χ4v) is 4.82. The molecule has 1 aliphatic carbocycles. The van der Waals surface area contributed by atoms with Crippen molar-refractivity contribution in [2.75, 3.05) is 35.7 Å². The summed E-state index contributed by atoms with van der Waals surface area (Å²) in [6.07, 6.45) is 9.90. The molecule has 0 radical (unpaired) electrons. The van der Waals surface area contributed by atoms with Gasteiger partial charge in [-0.1, -0.05) is 19.3 Å². The average Bonchev–Trinajstić information content (AvgIpc) is 2.91.